The van der Waals surface area contributed by atoms with Gasteiger partial charge in [-0.1, -0.05) is 34.1 Å². The van der Waals surface area contributed by atoms with Crippen molar-refractivity contribution in [1.82, 2.24) is 0 Å². The van der Waals surface area contributed by atoms with E-state index in [1.54, 1.807) is 0 Å². The molecule has 0 bridgehead atoms. The molecule has 88 valence electrons. The molecule has 0 saturated heterocycles. The highest BCUT2D eigenvalue weighted by Gasteiger charge is 2.15. The van der Waals surface area contributed by atoms with Crippen molar-refractivity contribution < 1.29 is 8.78 Å². The molecule has 2 aromatic carbocycles. The Balaban J connectivity index is 2.40. The number of hydrogen-bond donors (Lipinski definition) is 0. The van der Waals surface area contributed by atoms with Crippen LogP contribution in [0.2, 0.25) is 0 Å². The quantitative estimate of drug-likeness (QED) is 0.481. The zero-order chi connectivity index (χ0) is 12.4. The van der Waals surface area contributed by atoms with Crippen molar-refractivity contribution in [2.45, 2.75) is 4.83 Å². The molecular weight excluding hydrogens is 401 g/mol. The summed E-state index contributed by atoms with van der Waals surface area (Å²) in [5, 5.41) is 0. The molecule has 1 atom stereocenters. The molecule has 0 aliphatic carbocycles. The fraction of sp³-hybridized carbons (Fsp3) is 0.0769. The van der Waals surface area contributed by atoms with Gasteiger partial charge in [0.25, 0.3) is 0 Å². The van der Waals surface area contributed by atoms with Crippen LogP contribution in [0.15, 0.2) is 42.5 Å². The predicted octanol–water partition coefficient (Wildman–Crippen LogP) is 5.05. The third-order valence-corrected chi connectivity index (χ3v) is 4.07. The molecule has 0 aliphatic rings. The van der Waals surface area contributed by atoms with Crippen molar-refractivity contribution in [1.29, 1.82) is 0 Å². The molecule has 0 heterocycles. The van der Waals surface area contributed by atoms with Gasteiger partial charge >= 0.3 is 0 Å². The summed E-state index contributed by atoms with van der Waals surface area (Å²) in [6.07, 6.45) is 0. The van der Waals surface area contributed by atoms with E-state index in [1.807, 2.05) is 24.3 Å². The topological polar surface area (TPSA) is 0 Å². The standard InChI is InChI=1S/C13H8BrF2I/c14-13(8-2-1-3-10(17)6-8)11-5-4-9(15)7-12(11)16/h1-7,13H. The Morgan fingerprint density at radius 2 is 1.82 bits per heavy atom. The number of benzene rings is 2. The van der Waals surface area contributed by atoms with E-state index >= 15 is 0 Å². The van der Waals surface area contributed by atoms with Gasteiger partial charge in [-0.15, -0.1) is 0 Å². The lowest BCUT2D eigenvalue weighted by Crippen LogP contribution is -1.97. The highest BCUT2D eigenvalue weighted by molar-refractivity contribution is 14.1. The lowest BCUT2D eigenvalue weighted by Gasteiger charge is -2.12. The number of alkyl halides is 1. The normalized spacial score (nSPS) is 12.5. The molecule has 0 aliphatic heterocycles. The van der Waals surface area contributed by atoms with Gasteiger partial charge in [-0.25, -0.2) is 8.78 Å². The minimum absolute atomic E-state index is 0.266. The Kier molecular flexibility index (Phi) is 4.14. The van der Waals surface area contributed by atoms with Crippen LogP contribution in [-0.4, -0.2) is 0 Å². The Morgan fingerprint density at radius 3 is 2.47 bits per heavy atom. The smallest absolute Gasteiger partial charge is 0.130 e. The monoisotopic (exact) mass is 408 g/mol. The van der Waals surface area contributed by atoms with Crippen molar-refractivity contribution in [3.63, 3.8) is 0 Å². The largest absolute Gasteiger partial charge is 0.207 e. The number of rotatable bonds is 2. The van der Waals surface area contributed by atoms with E-state index in [2.05, 4.69) is 38.5 Å². The van der Waals surface area contributed by atoms with Crippen LogP contribution in [0.25, 0.3) is 0 Å². The Hall–Kier alpha value is -0.490. The molecule has 2 aromatic rings. The zero-order valence-electron chi connectivity index (χ0n) is 8.63. The summed E-state index contributed by atoms with van der Waals surface area (Å²) in [5.74, 6) is -1.10. The summed E-state index contributed by atoms with van der Waals surface area (Å²) in [6.45, 7) is 0. The van der Waals surface area contributed by atoms with E-state index in [9.17, 15) is 8.78 Å². The zero-order valence-corrected chi connectivity index (χ0v) is 12.4. The van der Waals surface area contributed by atoms with E-state index in [0.717, 1.165) is 15.2 Å². The van der Waals surface area contributed by atoms with E-state index in [4.69, 9.17) is 0 Å². The Bertz CT molecular complexity index is 543. The van der Waals surface area contributed by atoms with Crippen molar-refractivity contribution in [2.75, 3.05) is 0 Å². The van der Waals surface area contributed by atoms with E-state index in [1.165, 1.54) is 12.1 Å². The van der Waals surface area contributed by atoms with Gasteiger partial charge < -0.3 is 0 Å². The fourth-order valence-corrected chi connectivity index (χ4v) is 2.77. The average molecular weight is 409 g/mol. The molecule has 1 unspecified atom stereocenters. The molecule has 0 saturated carbocycles. The molecule has 2 rings (SSSR count). The molecular formula is C13H8BrF2I. The molecule has 0 nitrogen and oxygen atoms in total. The minimum Gasteiger partial charge on any atom is -0.207 e. The van der Waals surface area contributed by atoms with Gasteiger partial charge in [0.05, 0.1) is 4.83 Å². The summed E-state index contributed by atoms with van der Waals surface area (Å²) < 4.78 is 27.5. The van der Waals surface area contributed by atoms with Gasteiger partial charge in [-0.3, -0.25) is 0 Å². The van der Waals surface area contributed by atoms with Crippen LogP contribution in [0.3, 0.4) is 0 Å². The molecule has 0 fully saturated rings. The highest BCUT2D eigenvalue weighted by atomic mass is 127. The molecule has 0 N–H and O–H groups in total. The maximum Gasteiger partial charge on any atom is 0.130 e. The second-order valence-corrected chi connectivity index (χ2v) is 5.74. The maximum atomic E-state index is 13.6. The van der Waals surface area contributed by atoms with Gasteiger partial charge in [0, 0.05) is 15.2 Å². The molecule has 4 heteroatoms. The van der Waals surface area contributed by atoms with Gasteiger partial charge in [0.15, 0.2) is 0 Å². The average Bonchev–Trinajstić information content (AvgIpc) is 2.28. The molecule has 17 heavy (non-hydrogen) atoms. The van der Waals surface area contributed by atoms with Gasteiger partial charge in [-0.05, 0) is 46.4 Å². The lowest BCUT2D eigenvalue weighted by molar-refractivity contribution is 0.574. The molecule has 0 amide bonds. The van der Waals surface area contributed by atoms with Crippen molar-refractivity contribution >= 4 is 38.5 Å². The first kappa shape index (κ1) is 13.0. The summed E-state index contributed by atoms with van der Waals surface area (Å²) in [5.41, 5.74) is 1.39. The third kappa shape index (κ3) is 3.04. The summed E-state index contributed by atoms with van der Waals surface area (Å²) in [7, 11) is 0. The Labute approximate surface area is 120 Å². The SMILES string of the molecule is Fc1ccc(C(Br)c2cccc(I)c2)c(F)c1. The number of halogens is 4. The minimum atomic E-state index is -0.561. The summed E-state index contributed by atoms with van der Waals surface area (Å²) >= 11 is 5.64. The van der Waals surface area contributed by atoms with Gasteiger partial charge in [0.1, 0.15) is 11.6 Å². The Morgan fingerprint density at radius 1 is 1.06 bits per heavy atom. The third-order valence-electron chi connectivity index (χ3n) is 2.38. The van der Waals surface area contributed by atoms with E-state index in [-0.39, 0.29) is 4.83 Å². The number of hydrogen-bond acceptors (Lipinski definition) is 0. The summed E-state index contributed by atoms with van der Waals surface area (Å²) in [4.78, 5) is -0.266. The van der Waals surface area contributed by atoms with Crippen molar-refractivity contribution in [3.8, 4) is 0 Å². The first-order chi connectivity index (χ1) is 8.08. The summed E-state index contributed by atoms with van der Waals surface area (Å²) in [6, 6.07) is 11.4. The molecule has 0 radical (unpaired) electrons. The van der Waals surface area contributed by atoms with Crippen LogP contribution in [0, 0.1) is 15.2 Å². The van der Waals surface area contributed by atoms with Crippen LogP contribution in [0.1, 0.15) is 16.0 Å². The van der Waals surface area contributed by atoms with Crippen molar-refractivity contribution in [2.24, 2.45) is 0 Å². The van der Waals surface area contributed by atoms with Gasteiger partial charge in [0.2, 0.25) is 0 Å². The van der Waals surface area contributed by atoms with Crippen LogP contribution in [0.5, 0.6) is 0 Å². The fourth-order valence-electron chi connectivity index (χ4n) is 1.55. The van der Waals surface area contributed by atoms with E-state index in [0.29, 0.717) is 5.56 Å². The first-order valence-electron chi connectivity index (χ1n) is 4.92. The van der Waals surface area contributed by atoms with Crippen LogP contribution < -0.4 is 0 Å². The molecule has 0 spiro atoms. The second kappa shape index (κ2) is 5.44. The van der Waals surface area contributed by atoms with Crippen LogP contribution in [-0.2, 0) is 0 Å². The predicted molar refractivity (Wildman–Crippen MR) is 76.3 cm³/mol. The highest BCUT2D eigenvalue weighted by Crippen LogP contribution is 2.33. The van der Waals surface area contributed by atoms with E-state index < -0.39 is 11.6 Å². The maximum absolute atomic E-state index is 13.6. The second-order valence-electron chi connectivity index (χ2n) is 3.58. The van der Waals surface area contributed by atoms with Crippen molar-refractivity contribution in [3.05, 3.63) is 68.8 Å². The van der Waals surface area contributed by atoms with Crippen LogP contribution in [0.4, 0.5) is 8.78 Å². The van der Waals surface area contributed by atoms with Crippen LogP contribution >= 0.6 is 38.5 Å². The molecule has 0 aromatic heterocycles. The van der Waals surface area contributed by atoms with Gasteiger partial charge in [-0.2, -0.15) is 0 Å². The first-order valence-corrected chi connectivity index (χ1v) is 6.92. The lowest BCUT2D eigenvalue weighted by atomic mass is 10.0.